The second-order valence-electron chi connectivity index (χ2n) is 35.4. The maximum absolute atomic E-state index is 13.2. The van der Waals surface area contributed by atoms with Gasteiger partial charge in [0.05, 0.1) is 26.4 Å². The van der Waals surface area contributed by atoms with Crippen molar-refractivity contribution in [3.63, 3.8) is 0 Å². The highest BCUT2D eigenvalue weighted by atomic mass is 31.2. The molecule has 0 heterocycles. The molecule has 4 unspecified atom stereocenters. The summed E-state index contributed by atoms with van der Waals surface area (Å²) in [4.78, 5) is 73.6. The summed E-state index contributed by atoms with van der Waals surface area (Å²) in [6, 6.07) is 0. The maximum Gasteiger partial charge on any atom is 0.472 e. The van der Waals surface area contributed by atoms with Gasteiger partial charge in [0, 0.05) is 25.7 Å². The summed E-state index contributed by atoms with van der Waals surface area (Å²) in [6.45, 7) is 12.1. The molecule has 0 aliphatic carbocycles. The zero-order valence-electron chi connectivity index (χ0n) is 76.3. The van der Waals surface area contributed by atoms with Crippen LogP contribution in [0.1, 0.15) is 517 Å². The molecule has 0 saturated carbocycles. The van der Waals surface area contributed by atoms with Gasteiger partial charge in [0.2, 0.25) is 0 Å². The molecule has 0 aromatic carbocycles. The SMILES string of the molecule is CCCCCCCCCCCCCCCCCCCCCCCCC(=O)OC[C@H](COP(=O)(O)OC[C@@H](O)COP(=O)(O)OC[C@@H](COC(=O)CCCCCCCCCCC(C)CC)OC(=O)CCCCCCCCCCCCCCCCCCC(C)C)OC(=O)CCCCCCCCCCCCCCCCCCCCC(C)CC. The Kier molecular flexibility index (Phi) is 84.2. The minimum absolute atomic E-state index is 0.108. The number of carbonyl (C=O) groups is 4. The Morgan fingerprint density at radius 2 is 0.443 bits per heavy atom. The highest BCUT2D eigenvalue weighted by Crippen LogP contribution is 2.45. The number of phosphoric acid groups is 2. The molecule has 0 radical (unpaired) electrons. The Bertz CT molecular complexity index is 2200. The Morgan fingerprint density at radius 1 is 0.252 bits per heavy atom. The third kappa shape index (κ3) is 86.8. The number of phosphoric ester groups is 2. The summed E-state index contributed by atoms with van der Waals surface area (Å²) in [6.07, 6.45) is 80.7. The second kappa shape index (κ2) is 85.6. The molecule has 0 spiro atoms. The fourth-order valence-corrected chi connectivity index (χ4v) is 16.7. The van der Waals surface area contributed by atoms with Gasteiger partial charge in [0.15, 0.2) is 12.2 Å². The molecule has 0 aromatic rings. The molecular formula is C96H188O17P2. The lowest BCUT2D eigenvalue weighted by atomic mass is 9.99. The molecule has 0 bridgehead atoms. The zero-order valence-corrected chi connectivity index (χ0v) is 78.1. The van der Waals surface area contributed by atoms with E-state index >= 15 is 0 Å². The van der Waals surface area contributed by atoms with Gasteiger partial charge in [-0.15, -0.1) is 0 Å². The molecule has 115 heavy (non-hydrogen) atoms. The molecule has 0 aliphatic heterocycles. The summed E-state index contributed by atoms with van der Waals surface area (Å²) < 4.78 is 69.2. The number of aliphatic hydroxyl groups excluding tert-OH is 1. The minimum Gasteiger partial charge on any atom is -0.462 e. The summed E-state index contributed by atoms with van der Waals surface area (Å²) in [5, 5.41) is 10.7. The molecular weight excluding hydrogens is 1490 g/mol. The van der Waals surface area contributed by atoms with E-state index in [1.165, 1.54) is 327 Å². The van der Waals surface area contributed by atoms with E-state index in [1.807, 2.05) is 0 Å². The molecule has 0 fully saturated rings. The maximum atomic E-state index is 13.2. The first kappa shape index (κ1) is 113. The van der Waals surface area contributed by atoms with Crippen LogP contribution in [-0.4, -0.2) is 96.7 Å². The van der Waals surface area contributed by atoms with Crippen LogP contribution in [0.25, 0.3) is 0 Å². The monoisotopic (exact) mass is 1680 g/mol. The summed E-state index contributed by atoms with van der Waals surface area (Å²) in [5.74, 6) is 0.364. The molecule has 0 rings (SSSR count). The Morgan fingerprint density at radius 3 is 0.661 bits per heavy atom. The van der Waals surface area contributed by atoms with E-state index in [-0.39, 0.29) is 25.7 Å². The number of hydrogen-bond donors (Lipinski definition) is 3. The molecule has 17 nitrogen and oxygen atoms in total. The zero-order chi connectivity index (χ0) is 84.3. The molecule has 0 saturated heterocycles. The van der Waals surface area contributed by atoms with E-state index in [0.29, 0.717) is 25.7 Å². The summed E-state index contributed by atoms with van der Waals surface area (Å²) in [5.41, 5.74) is 0. The van der Waals surface area contributed by atoms with Crippen molar-refractivity contribution >= 4 is 39.5 Å². The van der Waals surface area contributed by atoms with E-state index in [0.717, 1.165) is 108 Å². The predicted octanol–water partition coefficient (Wildman–Crippen LogP) is 30.0. The predicted molar refractivity (Wildman–Crippen MR) is 478 cm³/mol. The average Bonchev–Trinajstić information content (AvgIpc) is 0.798. The van der Waals surface area contributed by atoms with E-state index in [1.54, 1.807) is 0 Å². The van der Waals surface area contributed by atoms with E-state index < -0.39 is 97.5 Å². The van der Waals surface area contributed by atoms with Crippen molar-refractivity contribution in [2.75, 3.05) is 39.6 Å². The molecule has 19 heteroatoms. The molecule has 0 amide bonds. The first-order valence-corrected chi connectivity index (χ1v) is 52.4. The van der Waals surface area contributed by atoms with Crippen molar-refractivity contribution in [2.45, 2.75) is 535 Å². The topological polar surface area (TPSA) is 237 Å². The normalized spacial score (nSPS) is 14.2. The lowest BCUT2D eigenvalue weighted by Crippen LogP contribution is -2.30. The Balaban J connectivity index is 5.24. The fourth-order valence-electron chi connectivity index (χ4n) is 15.1. The molecule has 684 valence electrons. The van der Waals surface area contributed by atoms with Crippen molar-refractivity contribution in [1.82, 2.24) is 0 Å². The van der Waals surface area contributed by atoms with Crippen LogP contribution >= 0.6 is 15.6 Å². The number of hydrogen-bond acceptors (Lipinski definition) is 15. The van der Waals surface area contributed by atoms with Crippen molar-refractivity contribution in [2.24, 2.45) is 17.8 Å². The van der Waals surface area contributed by atoms with E-state index in [9.17, 15) is 43.2 Å². The number of carbonyl (C=O) groups excluding carboxylic acids is 4. The van der Waals surface area contributed by atoms with Crippen molar-refractivity contribution in [3.8, 4) is 0 Å². The van der Waals surface area contributed by atoms with Crippen LogP contribution in [0, 0.1) is 17.8 Å². The van der Waals surface area contributed by atoms with Crippen molar-refractivity contribution in [1.29, 1.82) is 0 Å². The number of unbranched alkanes of at least 4 members (excludes halogenated alkanes) is 60. The van der Waals surface area contributed by atoms with Crippen LogP contribution in [-0.2, 0) is 65.4 Å². The van der Waals surface area contributed by atoms with Crippen molar-refractivity contribution < 1.29 is 80.2 Å². The van der Waals surface area contributed by atoms with Gasteiger partial charge in [-0.25, -0.2) is 9.13 Å². The Labute approximate surface area is 708 Å². The lowest BCUT2D eigenvalue weighted by Gasteiger charge is -2.21. The van der Waals surface area contributed by atoms with Crippen LogP contribution in [0.5, 0.6) is 0 Å². The highest BCUT2D eigenvalue weighted by Gasteiger charge is 2.31. The number of rotatable bonds is 94. The minimum atomic E-state index is -4.97. The third-order valence-corrected chi connectivity index (χ3v) is 25.3. The molecule has 0 aliphatic rings. The van der Waals surface area contributed by atoms with Gasteiger partial charge in [-0.3, -0.25) is 37.3 Å². The van der Waals surface area contributed by atoms with Gasteiger partial charge in [-0.1, -0.05) is 466 Å². The van der Waals surface area contributed by atoms with Gasteiger partial charge in [-0.2, -0.15) is 0 Å². The number of esters is 4. The summed E-state index contributed by atoms with van der Waals surface area (Å²) >= 11 is 0. The second-order valence-corrected chi connectivity index (χ2v) is 38.3. The molecule has 7 atom stereocenters. The fraction of sp³-hybridized carbons (Fsp3) is 0.958. The van der Waals surface area contributed by atoms with Gasteiger partial charge in [0.25, 0.3) is 0 Å². The van der Waals surface area contributed by atoms with Gasteiger partial charge >= 0.3 is 39.5 Å². The smallest absolute Gasteiger partial charge is 0.462 e. The van der Waals surface area contributed by atoms with Gasteiger partial charge < -0.3 is 33.8 Å². The number of aliphatic hydroxyl groups is 1. The van der Waals surface area contributed by atoms with Crippen LogP contribution in [0.15, 0.2) is 0 Å². The van der Waals surface area contributed by atoms with Crippen LogP contribution in [0.2, 0.25) is 0 Å². The quantitative estimate of drug-likeness (QED) is 0.0222. The lowest BCUT2D eigenvalue weighted by molar-refractivity contribution is -0.161. The van der Waals surface area contributed by atoms with E-state index in [2.05, 4.69) is 48.5 Å². The molecule has 0 aromatic heterocycles. The number of ether oxygens (including phenoxy) is 4. The van der Waals surface area contributed by atoms with Gasteiger partial charge in [0.1, 0.15) is 19.3 Å². The van der Waals surface area contributed by atoms with E-state index in [4.69, 9.17) is 37.0 Å². The standard InChI is InChI=1S/C96H188O17P2/c1-8-11-12-13-14-15-16-17-18-19-20-21-22-23-27-33-38-43-48-56-63-70-77-93(98)106-83-91(112-95(100)79-72-65-58-49-44-39-34-28-25-24-26-32-37-42-47-54-61-68-75-88(6)9-2)85-110-114(102,103)108-81-90(97)82-109-115(104,105)111-86-92(84-107-94(99)78-71-64-57-52-51-55-62-69-76-89(7)10-3)113-96(101)80-73-66-59-50-45-40-35-30-29-31-36-41-46-53-60-67-74-87(4)5/h87-92,97H,8-86H2,1-7H3,(H,102,103)(H,104,105)/t88?,89?,90-,91-,92-/m1/s1. The van der Waals surface area contributed by atoms with Crippen LogP contribution < -0.4 is 0 Å². The summed E-state index contributed by atoms with van der Waals surface area (Å²) in [7, 11) is -9.94. The first-order chi connectivity index (χ1) is 55.8. The van der Waals surface area contributed by atoms with Crippen LogP contribution in [0.3, 0.4) is 0 Å². The molecule has 3 N–H and O–H groups in total. The van der Waals surface area contributed by atoms with Crippen LogP contribution in [0.4, 0.5) is 0 Å². The third-order valence-electron chi connectivity index (χ3n) is 23.4. The largest absolute Gasteiger partial charge is 0.472 e. The average molecular weight is 1680 g/mol. The highest BCUT2D eigenvalue weighted by molar-refractivity contribution is 7.47. The first-order valence-electron chi connectivity index (χ1n) is 49.4. The van der Waals surface area contributed by atoms with Gasteiger partial charge in [-0.05, 0) is 43.4 Å². The van der Waals surface area contributed by atoms with Crippen molar-refractivity contribution in [3.05, 3.63) is 0 Å². The Hall–Kier alpha value is -1.94.